The van der Waals surface area contributed by atoms with Gasteiger partial charge in [-0.3, -0.25) is 10.1 Å². The monoisotopic (exact) mass is 317 g/mol. The van der Waals surface area contributed by atoms with E-state index in [2.05, 4.69) is 26.2 Å². The highest BCUT2D eigenvalue weighted by molar-refractivity contribution is 9.10. The highest BCUT2D eigenvalue weighted by atomic mass is 79.9. The summed E-state index contributed by atoms with van der Waals surface area (Å²) in [7, 11) is 0. The second kappa shape index (κ2) is 5.17. The molecular formula is C10H12BrN3O4. The van der Waals surface area contributed by atoms with E-state index in [1.54, 1.807) is 0 Å². The van der Waals surface area contributed by atoms with Crippen LogP contribution in [0.4, 0.5) is 11.5 Å². The molecule has 1 aliphatic heterocycles. The van der Waals surface area contributed by atoms with Crippen LogP contribution in [0.25, 0.3) is 0 Å². The van der Waals surface area contributed by atoms with Crippen molar-refractivity contribution in [1.29, 1.82) is 0 Å². The summed E-state index contributed by atoms with van der Waals surface area (Å²) in [5, 5.41) is 23.5. The van der Waals surface area contributed by atoms with E-state index in [9.17, 15) is 15.2 Å². The number of nitro groups is 1. The Balaban J connectivity index is 2.03. The van der Waals surface area contributed by atoms with E-state index in [4.69, 9.17) is 4.74 Å². The highest BCUT2D eigenvalue weighted by Gasteiger charge is 2.32. The van der Waals surface area contributed by atoms with Crippen LogP contribution in [0.1, 0.15) is 6.42 Å². The Hall–Kier alpha value is -1.25. The molecule has 0 aromatic carbocycles. The number of nitrogens with zero attached hydrogens (tertiary/aromatic N) is 2. The maximum Gasteiger partial charge on any atom is 0.288 e. The molecule has 0 bridgehead atoms. The number of aliphatic hydroxyl groups is 1. The molecule has 1 fully saturated rings. The van der Waals surface area contributed by atoms with E-state index in [0.717, 1.165) is 0 Å². The quantitative estimate of drug-likeness (QED) is 0.642. The fourth-order valence-corrected chi connectivity index (χ4v) is 2.12. The van der Waals surface area contributed by atoms with Gasteiger partial charge in [0.05, 0.1) is 16.0 Å². The van der Waals surface area contributed by atoms with Gasteiger partial charge in [0.1, 0.15) is 17.6 Å². The van der Waals surface area contributed by atoms with Crippen molar-refractivity contribution in [3.63, 3.8) is 0 Å². The number of aromatic nitrogens is 1. The Morgan fingerprint density at radius 3 is 3.06 bits per heavy atom. The summed E-state index contributed by atoms with van der Waals surface area (Å²) >= 11 is 3.20. The minimum atomic E-state index is -0.900. The maximum atomic E-state index is 10.6. The van der Waals surface area contributed by atoms with E-state index in [1.807, 2.05) is 0 Å². The van der Waals surface area contributed by atoms with E-state index in [-0.39, 0.29) is 18.8 Å². The first-order valence-electron chi connectivity index (χ1n) is 5.34. The van der Waals surface area contributed by atoms with Crippen LogP contribution in [0, 0.1) is 10.1 Å². The summed E-state index contributed by atoms with van der Waals surface area (Å²) in [6.45, 7) is 1.11. The molecule has 7 nitrogen and oxygen atoms in total. The third-order valence-electron chi connectivity index (χ3n) is 2.70. The van der Waals surface area contributed by atoms with Gasteiger partial charge in [-0.25, -0.2) is 4.98 Å². The van der Waals surface area contributed by atoms with Crippen LogP contribution >= 0.6 is 15.9 Å². The minimum Gasteiger partial charge on any atom is -0.386 e. The molecule has 0 spiro atoms. The average Bonchev–Trinajstić information content (AvgIpc) is 2.75. The molecule has 0 radical (unpaired) electrons. The summed E-state index contributed by atoms with van der Waals surface area (Å²) in [4.78, 5) is 14.0. The lowest BCUT2D eigenvalue weighted by Gasteiger charge is -2.21. The number of hydrogen-bond acceptors (Lipinski definition) is 6. The molecule has 1 aliphatic rings. The summed E-state index contributed by atoms with van der Waals surface area (Å²) < 4.78 is 5.60. The van der Waals surface area contributed by atoms with Crippen molar-refractivity contribution in [2.75, 3.05) is 25.1 Å². The van der Waals surface area contributed by atoms with Crippen molar-refractivity contribution in [3.8, 4) is 0 Å². The first kappa shape index (κ1) is 13.2. The Kier molecular flexibility index (Phi) is 3.79. The van der Waals surface area contributed by atoms with E-state index >= 15 is 0 Å². The number of rotatable bonds is 4. The molecule has 98 valence electrons. The van der Waals surface area contributed by atoms with Crippen LogP contribution in [0.2, 0.25) is 0 Å². The maximum absolute atomic E-state index is 10.6. The lowest BCUT2D eigenvalue weighted by molar-refractivity contribution is -0.385. The van der Waals surface area contributed by atoms with E-state index < -0.39 is 10.5 Å². The number of ether oxygens (including phenoxy) is 1. The lowest BCUT2D eigenvalue weighted by atomic mass is 10.0. The van der Waals surface area contributed by atoms with Crippen LogP contribution in [0.3, 0.4) is 0 Å². The van der Waals surface area contributed by atoms with Gasteiger partial charge in [-0.15, -0.1) is 0 Å². The zero-order valence-electron chi connectivity index (χ0n) is 9.43. The van der Waals surface area contributed by atoms with Crippen molar-refractivity contribution < 1.29 is 14.8 Å². The molecule has 0 saturated carbocycles. The Labute approximate surface area is 111 Å². The average molecular weight is 318 g/mol. The molecule has 1 aromatic rings. The Morgan fingerprint density at radius 2 is 2.50 bits per heavy atom. The SMILES string of the molecule is O=[N+]([O-])c1cnc(NCC2(O)CCOC2)c(Br)c1. The van der Waals surface area contributed by atoms with Gasteiger partial charge < -0.3 is 15.2 Å². The number of anilines is 1. The van der Waals surface area contributed by atoms with Crippen molar-refractivity contribution in [2.45, 2.75) is 12.0 Å². The first-order chi connectivity index (χ1) is 8.50. The summed E-state index contributed by atoms with van der Waals surface area (Å²) in [6, 6.07) is 1.37. The molecule has 2 heterocycles. The van der Waals surface area contributed by atoms with Crippen LogP contribution in [-0.4, -0.2) is 40.4 Å². The van der Waals surface area contributed by atoms with Gasteiger partial charge in [0.25, 0.3) is 5.69 Å². The van der Waals surface area contributed by atoms with Crippen LogP contribution < -0.4 is 5.32 Å². The third-order valence-corrected chi connectivity index (χ3v) is 3.31. The zero-order chi connectivity index (χ0) is 13.2. The zero-order valence-corrected chi connectivity index (χ0v) is 11.0. The third kappa shape index (κ3) is 2.95. The molecule has 1 atom stereocenters. The predicted octanol–water partition coefficient (Wildman–Crippen LogP) is 1.32. The number of halogens is 1. The van der Waals surface area contributed by atoms with Gasteiger partial charge in [0.15, 0.2) is 0 Å². The topological polar surface area (TPSA) is 97.5 Å². The van der Waals surface area contributed by atoms with Gasteiger partial charge in [0.2, 0.25) is 0 Å². The fourth-order valence-electron chi connectivity index (χ4n) is 1.64. The minimum absolute atomic E-state index is 0.0877. The predicted molar refractivity (Wildman–Crippen MR) is 67.5 cm³/mol. The molecule has 0 aliphatic carbocycles. The fraction of sp³-hybridized carbons (Fsp3) is 0.500. The molecular weight excluding hydrogens is 306 g/mol. The van der Waals surface area contributed by atoms with Crippen LogP contribution in [0.5, 0.6) is 0 Å². The van der Waals surface area contributed by atoms with Gasteiger partial charge in [0, 0.05) is 25.6 Å². The summed E-state index contributed by atoms with van der Waals surface area (Å²) in [5.41, 5.74) is -0.988. The molecule has 1 aromatic heterocycles. The smallest absolute Gasteiger partial charge is 0.288 e. The second-order valence-corrected chi connectivity index (χ2v) is 5.02. The van der Waals surface area contributed by atoms with E-state index in [0.29, 0.717) is 23.3 Å². The summed E-state index contributed by atoms with van der Waals surface area (Å²) in [5.74, 6) is 0.459. The molecule has 1 unspecified atom stereocenters. The molecule has 2 N–H and O–H groups in total. The van der Waals surface area contributed by atoms with Gasteiger partial charge in [-0.1, -0.05) is 0 Å². The van der Waals surface area contributed by atoms with Crippen molar-refractivity contribution in [2.24, 2.45) is 0 Å². The van der Waals surface area contributed by atoms with Gasteiger partial charge in [-0.05, 0) is 15.9 Å². The Morgan fingerprint density at radius 1 is 1.72 bits per heavy atom. The van der Waals surface area contributed by atoms with Crippen molar-refractivity contribution >= 4 is 27.4 Å². The van der Waals surface area contributed by atoms with Crippen molar-refractivity contribution in [3.05, 3.63) is 26.9 Å². The number of pyridine rings is 1. The van der Waals surface area contributed by atoms with Crippen molar-refractivity contribution in [1.82, 2.24) is 4.98 Å². The molecule has 8 heteroatoms. The van der Waals surface area contributed by atoms with Crippen LogP contribution in [0.15, 0.2) is 16.7 Å². The molecule has 0 amide bonds. The number of hydrogen-bond donors (Lipinski definition) is 2. The summed E-state index contributed by atoms with van der Waals surface area (Å²) in [6.07, 6.45) is 1.73. The number of nitrogens with one attached hydrogen (secondary N) is 1. The normalized spacial score (nSPS) is 23.0. The molecule has 18 heavy (non-hydrogen) atoms. The first-order valence-corrected chi connectivity index (χ1v) is 6.13. The lowest BCUT2D eigenvalue weighted by Crippen LogP contribution is -2.37. The second-order valence-electron chi connectivity index (χ2n) is 4.16. The highest BCUT2D eigenvalue weighted by Crippen LogP contribution is 2.26. The largest absolute Gasteiger partial charge is 0.386 e. The van der Waals surface area contributed by atoms with E-state index in [1.165, 1.54) is 12.3 Å². The molecule has 1 saturated heterocycles. The van der Waals surface area contributed by atoms with Gasteiger partial charge >= 0.3 is 0 Å². The molecule has 2 rings (SSSR count). The van der Waals surface area contributed by atoms with Crippen LogP contribution in [-0.2, 0) is 4.74 Å². The van der Waals surface area contributed by atoms with Gasteiger partial charge in [-0.2, -0.15) is 0 Å². The standard InChI is InChI=1S/C10H12BrN3O4/c11-8-3-7(14(16)17)4-12-9(8)13-5-10(15)1-2-18-6-10/h3-4,15H,1-2,5-6H2,(H,12,13). The Bertz CT molecular complexity index is 462.